The normalized spacial score (nSPS) is 18.7. The summed E-state index contributed by atoms with van der Waals surface area (Å²) in [5.74, 6) is 0.702. The Bertz CT molecular complexity index is 1030. The second-order valence-corrected chi connectivity index (χ2v) is 7.35. The fourth-order valence-corrected chi connectivity index (χ4v) is 3.57. The van der Waals surface area contributed by atoms with Gasteiger partial charge >= 0.3 is 0 Å². The number of nitrogens with one attached hydrogen (secondary N) is 3. The monoisotopic (exact) mass is 402 g/mol. The third kappa shape index (κ3) is 4.67. The number of rotatable bonds is 7. The third-order valence-electron chi connectivity index (χ3n) is 5.18. The average molecular weight is 402 g/mol. The molecule has 3 aromatic rings. The maximum Gasteiger partial charge on any atom is 0.258 e. The van der Waals surface area contributed by atoms with Crippen molar-refractivity contribution in [1.82, 2.24) is 16.3 Å². The Kier molecular flexibility index (Phi) is 6.37. The first kappa shape index (κ1) is 20.1. The lowest BCUT2D eigenvalue weighted by Gasteiger charge is -2.11. The van der Waals surface area contributed by atoms with E-state index >= 15 is 0 Å². The Morgan fingerprint density at radius 1 is 1.10 bits per heavy atom. The van der Waals surface area contributed by atoms with E-state index in [1.165, 1.54) is 0 Å². The van der Waals surface area contributed by atoms with Crippen molar-refractivity contribution in [2.75, 3.05) is 6.61 Å². The van der Waals surface area contributed by atoms with Crippen LogP contribution in [0.4, 0.5) is 0 Å². The van der Waals surface area contributed by atoms with Crippen LogP contribution in [0, 0.1) is 0 Å². The summed E-state index contributed by atoms with van der Waals surface area (Å²) in [6.45, 7) is 2.80. The van der Waals surface area contributed by atoms with Crippen LogP contribution in [0.5, 0.6) is 5.75 Å². The molecule has 6 nitrogen and oxygen atoms in total. The molecule has 2 atom stereocenters. The second-order valence-electron chi connectivity index (χ2n) is 7.35. The lowest BCUT2D eigenvalue weighted by atomic mass is 10.0. The molecule has 2 unspecified atom stereocenters. The number of hydrazone groups is 1. The maximum absolute atomic E-state index is 12.5. The molecule has 0 bridgehead atoms. The van der Waals surface area contributed by atoms with Gasteiger partial charge in [0, 0.05) is 11.6 Å². The number of amides is 1. The summed E-state index contributed by atoms with van der Waals surface area (Å²) in [6.07, 6.45) is 3.32. The van der Waals surface area contributed by atoms with Gasteiger partial charge in [0.15, 0.2) is 0 Å². The molecule has 1 heterocycles. The summed E-state index contributed by atoms with van der Waals surface area (Å²) in [5.41, 5.74) is 11.0. The summed E-state index contributed by atoms with van der Waals surface area (Å²) < 4.78 is 5.62. The zero-order chi connectivity index (χ0) is 20.8. The van der Waals surface area contributed by atoms with Gasteiger partial charge in [0.2, 0.25) is 0 Å². The molecule has 1 fully saturated rings. The van der Waals surface area contributed by atoms with E-state index in [0.717, 1.165) is 34.1 Å². The topological polar surface area (TPSA) is 74.8 Å². The first-order chi connectivity index (χ1) is 14.7. The van der Waals surface area contributed by atoms with Crippen LogP contribution in [0.2, 0.25) is 0 Å². The third-order valence-corrected chi connectivity index (χ3v) is 5.18. The van der Waals surface area contributed by atoms with Gasteiger partial charge in [0.05, 0.1) is 12.8 Å². The van der Waals surface area contributed by atoms with E-state index < -0.39 is 0 Å². The molecule has 154 valence electrons. The molecule has 1 aliphatic rings. The highest BCUT2D eigenvalue weighted by Gasteiger charge is 2.30. The minimum absolute atomic E-state index is 0.0584. The van der Waals surface area contributed by atoms with Crippen LogP contribution in [0.15, 0.2) is 71.8 Å². The molecule has 4 rings (SSSR count). The van der Waals surface area contributed by atoms with E-state index in [4.69, 9.17) is 4.74 Å². The van der Waals surface area contributed by atoms with Crippen LogP contribution in [0.3, 0.4) is 0 Å². The molecule has 3 aromatic carbocycles. The van der Waals surface area contributed by atoms with E-state index in [-0.39, 0.29) is 18.0 Å². The molecule has 1 saturated heterocycles. The van der Waals surface area contributed by atoms with Gasteiger partial charge in [0.25, 0.3) is 5.91 Å². The molecule has 30 heavy (non-hydrogen) atoms. The van der Waals surface area contributed by atoms with E-state index in [1.807, 2.05) is 54.6 Å². The highest BCUT2D eigenvalue weighted by atomic mass is 16.5. The molecule has 0 saturated carbocycles. The molecule has 6 heteroatoms. The lowest BCUT2D eigenvalue weighted by Crippen LogP contribution is -2.41. The van der Waals surface area contributed by atoms with Gasteiger partial charge in [0.1, 0.15) is 11.8 Å². The van der Waals surface area contributed by atoms with Crippen LogP contribution in [0.1, 0.15) is 36.9 Å². The number of hydrogen-bond acceptors (Lipinski definition) is 5. The number of carbonyl (C=O) groups is 1. The highest BCUT2D eigenvalue weighted by Crippen LogP contribution is 2.24. The molecule has 1 aliphatic heterocycles. The zero-order valence-electron chi connectivity index (χ0n) is 17.0. The molecule has 3 N–H and O–H groups in total. The van der Waals surface area contributed by atoms with Crippen molar-refractivity contribution in [3.05, 3.63) is 77.9 Å². The molecular formula is C24H26N4O2. The maximum atomic E-state index is 12.5. The van der Waals surface area contributed by atoms with Gasteiger partial charge in [-0.3, -0.25) is 4.79 Å². The first-order valence-corrected chi connectivity index (χ1v) is 10.3. The molecule has 1 amide bonds. The van der Waals surface area contributed by atoms with Crippen molar-refractivity contribution < 1.29 is 9.53 Å². The number of ether oxygens (including phenoxy) is 1. The van der Waals surface area contributed by atoms with E-state index in [0.29, 0.717) is 13.0 Å². The van der Waals surface area contributed by atoms with Crippen LogP contribution in [0.25, 0.3) is 10.8 Å². The summed E-state index contributed by atoms with van der Waals surface area (Å²) >= 11 is 0. The summed E-state index contributed by atoms with van der Waals surface area (Å²) in [6, 6.07) is 21.8. The SMILES string of the molecule is CCCOc1ccc(C2CC(C(=O)N/N=C/c3cccc4ccccc34)NN2)cc1. The highest BCUT2D eigenvalue weighted by molar-refractivity contribution is 6.00. The minimum atomic E-state index is -0.351. The Hall–Kier alpha value is -3.22. The fraction of sp³-hybridized carbons (Fsp3) is 0.250. The minimum Gasteiger partial charge on any atom is -0.494 e. The van der Waals surface area contributed by atoms with Crippen LogP contribution >= 0.6 is 0 Å². The van der Waals surface area contributed by atoms with Gasteiger partial charge < -0.3 is 4.74 Å². The molecule has 0 spiro atoms. The molecule has 0 aliphatic carbocycles. The fourth-order valence-electron chi connectivity index (χ4n) is 3.57. The predicted molar refractivity (Wildman–Crippen MR) is 119 cm³/mol. The Morgan fingerprint density at radius 3 is 2.73 bits per heavy atom. The lowest BCUT2D eigenvalue weighted by molar-refractivity contribution is -0.122. The van der Waals surface area contributed by atoms with Crippen LogP contribution in [-0.4, -0.2) is 24.8 Å². The van der Waals surface area contributed by atoms with E-state index in [2.05, 4.69) is 40.4 Å². The number of nitrogens with zero attached hydrogens (tertiary/aromatic N) is 1. The number of benzene rings is 3. The second kappa shape index (κ2) is 9.52. The van der Waals surface area contributed by atoms with Crippen LogP contribution < -0.4 is 21.0 Å². The average Bonchev–Trinajstić information content (AvgIpc) is 3.28. The largest absolute Gasteiger partial charge is 0.494 e. The van der Waals surface area contributed by atoms with Gasteiger partial charge in [-0.1, -0.05) is 61.5 Å². The number of fused-ring (bicyclic) bond motifs is 1. The van der Waals surface area contributed by atoms with Gasteiger partial charge in [-0.15, -0.1) is 0 Å². The van der Waals surface area contributed by atoms with E-state index in [1.54, 1.807) is 6.21 Å². The summed E-state index contributed by atoms with van der Waals surface area (Å²) in [7, 11) is 0. The van der Waals surface area contributed by atoms with Crippen molar-refractivity contribution >= 4 is 22.9 Å². The van der Waals surface area contributed by atoms with Crippen molar-refractivity contribution in [3.63, 3.8) is 0 Å². The Morgan fingerprint density at radius 2 is 1.90 bits per heavy atom. The van der Waals surface area contributed by atoms with Crippen LogP contribution in [-0.2, 0) is 4.79 Å². The Balaban J connectivity index is 1.33. The standard InChI is InChI=1S/C24H26N4O2/c1-2-14-30-20-12-10-18(11-13-20)22-15-23(27-26-22)24(29)28-25-16-19-8-5-7-17-6-3-4-9-21(17)19/h3-13,16,22-23,26-27H,2,14-15H2,1H3,(H,28,29)/b25-16+. The van der Waals surface area contributed by atoms with Gasteiger partial charge in [-0.05, 0) is 41.3 Å². The summed E-state index contributed by atoms with van der Waals surface area (Å²) in [5, 5.41) is 6.41. The Labute approximate surface area is 176 Å². The first-order valence-electron chi connectivity index (χ1n) is 10.3. The number of hydrogen-bond donors (Lipinski definition) is 3. The van der Waals surface area contributed by atoms with Crippen molar-refractivity contribution in [3.8, 4) is 5.75 Å². The molecular weight excluding hydrogens is 376 g/mol. The summed E-state index contributed by atoms with van der Waals surface area (Å²) in [4.78, 5) is 12.5. The van der Waals surface area contributed by atoms with Crippen molar-refractivity contribution in [2.45, 2.75) is 31.8 Å². The van der Waals surface area contributed by atoms with E-state index in [9.17, 15) is 4.79 Å². The van der Waals surface area contributed by atoms with Crippen molar-refractivity contribution in [2.24, 2.45) is 5.10 Å². The molecule has 0 aromatic heterocycles. The number of hydrazine groups is 1. The number of carbonyl (C=O) groups excluding carboxylic acids is 1. The van der Waals surface area contributed by atoms with Gasteiger partial charge in [-0.25, -0.2) is 16.3 Å². The predicted octanol–water partition coefficient (Wildman–Crippen LogP) is 3.69. The van der Waals surface area contributed by atoms with Gasteiger partial charge in [-0.2, -0.15) is 5.10 Å². The van der Waals surface area contributed by atoms with Crippen molar-refractivity contribution in [1.29, 1.82) is 0 Å². The molecule has 0 radical (unpaired) electrons. The smallest absolute Gasteiger partial charge is 0.258 e. The zero-order valence-corrected chi connectivity index (χ0v) is 17.0. The quantitative estimate of drug-likeness (QED) is 0.416.